The minimum Gasteiger partial charge on any atom is -0.493 e. The van der Waals surface area contributed by atoms with Crippen LogP contribution >= 0.6 is 0 Å². The molecule has 7 heteroatoms. The number of anilines is 1. The van der Waals surface area contributed by atoms with E-state index in [0.717, 1.165) is 46.6 Å². The summed E-state index contributed by atoms with van der Waals surface area (Å²) in [6.45, 7) is 2.15. The highest BCUT2D eigenvalue weighted by Crippen LogP contribution is 2.41. The summed E-state index contributed by atoms with van der Waals surface area (Å²) in [4.78, 5) is 9.74. The van der Waals surface area contributed by atoms with Gasteiger partial charge in [-0.2, -0.15) is 5.10 Å². The first-order valence-electron chi connectivity index (χ1n) is 10.9. The van der Waals surface area contributed by atoms with Crippen LogP contribution < -0.4 is 14.8 Å². The summed E-state index contributed by atoms with van der Waals surface area (Å²) in [7, 11) is 5.24. The summed E-state index contributed by atoms with van der Waals surface area (Å²) in [6, 6.07) is 14.5. The Hall–Kier alpha value is -3.61. The summed E-state index contributed by atoms with van der Waals surface area (Å²) in [5.74, 6) is 3.48. The van der Waals surface area contributed by atoms with E-state index in [1.54, 1.807) is 14.2 Å². The standard InChI is InChI=1S/C25H27N5O2/c1-15(17-6-5-7-18(12-17)21-10-11-26-30(21)2)27-25-19-13-22(31-3)23(32-4)14-20(19)28-24(29-25)16-8-9-16/h5-7,10-16H,8-9H2,1-4H3,(H,27,28,29). The largest absolute Gasteiger partial charge is 0.493 e. The van der Waals surface area contributed by atoms with Crippen LogP contribution in [0.4, 0.5) is 5.82 Å². The Morgan fingerprint density at radius 3 is 2.50 bits per heavy atom. The normalized spacial score (nSPS) is 14.4. The lowest BCUT2D eigenvalue weighted by molar-refractivity contribution is 0.356. The van der Waals surface area contributed by atoms with E-state index in [-0.39, 0.29) is 6.04 Å². The third kappa shape index (κ3) is 3.75. The Bertz CT molecular complexity index is 1280. The van der Waals surface area contributed by atoms with Crippen LogP contribution in [-0.4, -0.2) is 34.0 Å². The minimum atomic E-state index is 0.0430. The Morgan fingerprint density at radius 1 is 1.03 bits per heavy atom. The minimum absolute atomic E-state index is 0.0430. The molecule has 1 aliphatic rings. The van der Waals surface area contributed by atoms with Crippen LogP contribution in [0, 0.1) is 0 Å². The van der Waals surface area contributed by atoms with Crippen molar-refractivity contribution in [2.24, 2.45) is 7.05 Å². The second kappa shape index (κ2) is 8.15. The van der Waals surface area contributed by atoms with Crippen molar-refractivity contribution in [2.75, 3.05) is 19.5 Å². The molecule has 1 fully saturated rings. The predicted octanol–water partition coefficient (Wildman–Crippen LogP) is 5.10. The molecule has 2 aromatic heterocycles. The van der Waals surface area contributed by atoms with Crippen molar-refractivity contribution >= 4 is 16.7 Å². The van der Waals surface area contributed by atoms with Crippen LogP contribution in [0.3, 0.4) is 0 Å². The average molecular weight is 430 g/mol. The van der Waals surface area contributed by atoms with Crippen LogP contribution in [0.25, 0.3) is 22.2 Å². The maximum atomic E-state index is 5.53. The van der Waals surface area contributed by atoms with Gasteiger partial charge in [0.2, 0.25) is 0 Å². The molecule has 1 atom stereocenters. The van der Waals surface area contributed by atoms with Crippen LogP contribution in [0.5, 0.6) is 11.5 Å². The summed E-state index contributed by atoms with van der Waals surface area (Å²) in [5.41, 5.74) is 4.25. The van der Waals surface area contributed by atoms with Gasteiger partial charge in [-0.3, -0.25) is 4.68 Å². The molecular formula is C25H27N5O2. The van der Waals surface area contributed by atoms with Gasteiger partial charge in [-0.15, -0.1) is 0 Å². The number of hydrogen-bond donors (Lipinski definition) is 1. The lowest BCUT2D eigenvalue weighted by Crippen LogP contribution is -2.10. The molecule has 0 amide bonds. The van der Waals surface area contributed by atoms with Crippen LogP contribution in [0.15, 0.2) is 48.7 Å². The first-order chi connectivity index (χ1) is 15.6. The number of benzene rings is 2. The third-order valence-electron chi connectivity index (χ3n) is 6.02. The van der Waals surface area contributed by atoms with Crippen LogP contribution in [0.1, 0.15) is 43.1 Å². The predicted molar refractivity (Wildman–Crippen MR) is 125 cm³/mol. The number of fused-ring (bicyclic) bond motifs is 1. The van der Waals surface area contributed by atoms with Gasteiger partial charge in [0.25, 0.3) is 0 Å². The smallest absolute Gasteiger partial charge is 0.162 e. The van der Waals surface area contributed by atoms with Crippen molar-refractivity contribution in [1.82, 2.24) is 19.7 Å². The van der Waals surface area contributed by atoms with Gasteiger partial charge < -0.3 is 14.8 Å². The highest BCUT2D eigenvalue weighted by molar-refractivity contribution is 5.92. The fourth-order valence-electron chi connectivity index (χ4n) is 4.02. The van der Waals surface area contributed by atoms with Crippen molar-refractivity contribution in [1.29, 1.82) is 0 Å². The van der Waals surface area contributed by atoms with Crippen molar-refractivity contribution < 1.29 is 9.47 Å². The molecule has 0 aliphatic heterocycles. The molecule has 0 radical (unpaired) electrons. The third-order valence-corrected chi connectivity index (χ3v) is 6.02. The molecule has 1 N–H and O–H groups in total. The van der Waals surface area contributed by atoms with Gasteiger partial charge in [0, 0.05) is 42.2 Å². The lowest BCUT2D eigenvalue weighted by atomic mass is 10.0. The van der Waals surface area contributed by atoms with E-state index in [1.165, 1.54) is 5.56 Å². The highest BCUT2D eigenvalue weighted by atomic mass is 16.5. The quantitative estimate of drug-likeness (QED) is 0.441. The molecule has 0 spiro atoms. The Kier molecular flexibility index (Phi) is 5.17. The molecule has 164 valence electrons. The molecule has 1 saturated carbocycles. The molecular weight excluding hydrogens is 402 g/mol. The fraction of sp³-hybridized carbons (Fsp3) is 0.320. The number of aryl methyl sites for hydroxylation is 1. The topological polar surface area (TPSA) is 74.1 Å². The average Bonchev–Trinajstić information content (AvgIpc) is 3.58. The summed E-state index contributed by atoms with van der Waals surface area (Å²) < 4.78 is 12.9. The van der Waals surface area contributed by atoms with Crippen molar-refractivity contribution in [3.05, 3.63) is 60.0 Å². The summed E-state index contributed by atoms with van der Waals surface area (Å²) in [6.07, 6.45) is 4.10. The molecule has 32 heavy (non-hydrogen) atoms. The van der Waals surface area contributed by atoms with Crippen LogP contribution in [-0.2, 0) is 7.05 Å². The Labute approximate surface area is 187 Å². The first kappa shape index (κ1) is 20.3. The number of hydrogen-bond acceptors (Lipinski definition) is 6. The van der Waals surface area contributed by atoms with Crippen LogP contribution in [0.2, 0.25) is 0 Å². The van der Waals surface area contributed by atoms with E-state index in [1.807, 2.05) is 36.1 Å². The van der Waals surface area contributed by atoms with E-state index in [9.17, 15) is 0 Å². The van der Waals surface area contributed by atoms with Gasteiger partial charge in [-0.05, 0) is 43.5 Å². The van der Waals surface area contributed by atoms with Gasteiger partial charge in [-0.1, -0.05) is 18.2 Å². The molecule has 7 nitrogen and oxygen atoms in total. The van der Waals surface area contributed by atoms with E-state index in [0.29, 0.717) is 17.4 Å². The van der Waals surface area contributed by atoms with Gasteiger partial charge in [0.1, 0.15) is 11.6 Å². The zero-order chi connectivity index (χ0) is 22.2. The number of aromatic nitrogens is 4. The number of nitrogens with one attached hydrogen (secondary N) is 1. The SMILES string of the molecule is COc1cc2nc(C3CC3)nc(NC(C)c3cccc(-c4ccnn4C)c3)c2cc1OC. The lowest BCUT2D eigenvalue weighted by Gasteiger charge is -2.19. The zero-order valence-corrected chi connectivity index (χ0v) is 18.8. The zero-order valence-electron chi connectivity index (χ0n) is 18.8. The Morgan fingerprint density at radius 2 is 1.81 bits per heavy atom. The van der Waals surface area contributed by atoms with Gasteiger partial charge in [0.05, 0.1) is 25.4 Å². The van der Waals surface area contributed by atoms with Crippen molar-refractivity contribution in [2.45, 2.75) is 31.7 Å². The number of rotatable bonds is 7. The molecule has 1 unspecified atom stereocenters. The number of nitrogens with zero attached hydrogens (tertiary/aromatic N) is 4. The van der Waals surface area contributed by atoms with E-state index >= 15 is 0 Å². The van der Waals surface area contributed by atoms with Gasteiger partial charge in [0.15, 0.2) is 11.5 Å². The highest BCUT2D eigenvalue weighted by Gasteiger charge is 2.28. The molecule has 4 aromatic rings. The fourth-order valence-corrected chi connectivity index (χ4v) is 4.02. The molecule has 1 aliphatic carbocycles. The van der Waals surface area contributed by atoms with E-state index in [2.05, 4.69) is 41.6 Å². The van der Waals surface area contributed by atoms with Gasteiger partial charge >= 0.3 is 0 Å². The molecule has 2 aromatic carbocycles. The summed E-state index contributed by atoms with van der Waals surface area (Å²) >= 11 is 0. The maximum Gasteiger partial charge on any atom is 0.162 e. The summed E-state index contributed by atoms with van der Waals surface area (Å²) in [5, 5.41) is 8.84. The molecule has 5 rings (SSSR count). The first-order valence-corrected chi connectivity index (χ1v) is 10.9. The van der Waals surface area contributed by atoms with E-state index < -0.39 is 0 Å². The number of ether oxygens (including phenoxy) is 2. The van der Waals surface area contributed by atoms with Crippen molar-refractivity contribution in [3.8, 4) is 22.8 Å². The van der Waals surface area contributed by atoms with Gasteiger partial charge in [-0.25, -0.2) is 9.97 Å². The second-order valence-electron chi connectivity index (χ2n) is 8.26. The molecule has 0 bridgehead atoms. The van der Waals surface area contributed by atoms with E-state index in [4.69, 9.17) is 19.4 Å². The maximum absolute atomic E-state index is 5.53. The Balaban J connectivity index is 1.53. The second-order valence-corrected chi connectivity index (χ2v) is 8.26. The molecule has 2 heterocycles. The van der Waals surface area contributed by atoms with Crippen molar-refractivity contribution in [3.63, 3.8) is 0 Å². The number of methoxy groups -OCH3 is 2. The monoisotopic (exact) mass is 429 g/mol. The molecule has 0 saturated heterocycles.